The molecule has 21 heavy (non-hydrogen) atoms. The Bertz CT molecular complexity index is 732. The minimum absolute atomic E-state index is 0.112. The standard InChI is InChI=1S/C15H16BrNO3S/c1-10-7-13(16)8-11(2)15(10)17-21(19,20)14-5-3-12(9-18)4-6-14/h3-8,17-18H,9H2,1-2H3. The number of rotatable bonds is 4. The van der Waals surface area contributed by atoms with Gasteiger partial charge in [-0.1, -0.05) is 28.1 Å². The molecule has 2 aromatic carbocycles. The van der Waals surface area contributed by atoms with Gasteiger partial charge in [0.25, 0.3) is 10.0 Å². The van der Waals surface area contributed by atoms with Crippen LogP contribution in [-0.4, -0.2) is 13.5 Å². The average Bonchev–Trinajstić information content (AvgIpc) is 2.43. The fourth-order valence-corrected chi connectivity index (χ4v) is 3.93. The van der Waals surface area contributed by atoms with Gasteiger partial charge >= 0.3 is 0 Å². The number of anilines is 1. The van der Waals surface area contributed by atoms with Crippen LogP contribution in [0.3, 0.4) is 0 Å². The van der Waals surface area contributed by atoms with Gasteiger partial charge in [0, 0.05) is 4.47 Å². The quantitative estimate of drug-likeness (QED) is 0.867. The van der Waals surface area contributed by atoms with E-state index < -0.39 is 10.0 Å². The molecule has 0 unspecified atom stereocenters. The van der Waals surface area contributed by atoms with E-state index in [0.29, 0.717) is 11.3 Å². The van der Waals surface area contributed by atoms with Crippen molar-refractivity contribution in [2.75, 3.05) is 4.72 Å². The Kier molecular flexibility index (Phi) is 4.70. The van der Waals surface area contributed by atoms with Crippen molar-refractivity contribution in [3.8, 4) is 0 Å². The summed E-state index contributed by atoms with van der Waals surface area (Å²) < 4.78 is 28.3. The largest absolute Gasteiger partial charge is 0.392 e. The van der Waals surface area contributed by atoms with Crippen molar-refractivity contribution in [2.24, 2.45) is 0 Å². The zero-order valence-electron chi connectivity index (χ0n) is 11.7. The maximum absolute atomic E-state index is 12.4. The number of hydrogen-bond acceptors (Lipinski definition) is 3. The van der Waals surface area contributed by atoms with Crippen molar-refractivity contribution < 1.29 is 13.5 Å². The second-order valence-corrected chi connectivity index (χ2v) is 7.42. The number of aryl methyl sites for hydroxylation is 2. The Morgan fingerprint density at radius 2 is 1.62 bits per heavy atom. The molecule has 0 heterocycles. The third-order valence-corrected chi connectivity index (χ3v) is 4.97. The van der Waals surface area contributed by atoms with Crippen LogP contribution in [0.1, 0.15) is 16.7 Å². The van der Waals surface area contributed by atoms with Crippen molar-refractivity contribution in [2.45, 2.75) is 25.3 Å². The van der Waals surface area contributed by atoms with Crippen LogP contribution in [0.15, 0.2) is 45.8 Å². The Morgan fingerprint density at radius 3 is 2.10 bits per heavy atom. The first-order valence-electron chi connectivity index (χ1n) is 6.33. The van der Waals surface area contributed by atoms with Gasteiger partial charge in [0.05, 0.1) is 17.2 Å². The Hall–Kier alpha value is -1.37. The molecule has 0 saturated heterocycles. The van der Waals surface area contributed by atoms with Crippen LogP contribution < -0.4 is 4.72 Å². The van der Waals surface area contributed by atoms with Gasteiger partial charge in [0.15, 0.2) is 0 Å². The number of aliphatic hydroxyl groups is 1. The molecule has 0 aliphatic heterocycles. The van der Waals surface area contributed by atoms with E-state index in [1.165, 1.54) is 12.1 Å². The summed E-state index contributed by atoms with van der Waals surface area (Å²) in [4.78, 5) is 0.168. The number of benzene rings is 2. The van der Waals surface area contributed by atoms with Crippen LogP contribution in [0.4, 0.5) is 5.69 Å². The molecular weight excluding hydrogens is 354 g/mol. The summed E-state index contributed by atoms with van der Waals surface area (Å²) in [6.45, 7) is 3.59. The van der Waals surface area contributed by atoms with E-state index >= 15 is 0 Å². The van der Waals surface area contributed by atoms with Crippen LogP contribution in [-0.2, 0) is 16.6 Å². The molecule has 2 N–H and O–H groups in total. The smallest absolute Gasteiger partial charge is 0.261 e. The summed E-state index contributed by atoms with van der Waals surface area (Å²) in [5, 5.41) is 9.00. The zero-order valence-corrected chi connectivity index (χ0v) is 14.1. The summed E-state index contributed by atoms with van der Waals surface area (Å²) in [6, 6.07) is 9.87. The predicted molar refractivity (Wildman–Crippen MR) is 86.8 cm³/mol. The molecule has 0 spiro atoms. The Labute approximate surface area is 133 Å². The summed E-state index contributed by atoms with van der Waals surface area (Å²) in [6.07, 6.45) is 0. The van der Waals surface area contributed by atoms with E-state index in [9.17, 15) is 8.42 Å². The highest BCUT2D eigenvalue weighted by atomic mass is 79.9. The number of hydrogen-bond donors (Lipinski definition) is 2. The van der Waals surface area contributed by atoms with E-state index in [4.69, 9.17) is 5.11 Å². The summed E-state index contributed by atoms with van der Waals surface area (Å²) in [5.41, 5.74) is 2.95. The third kappa shape index (κ3) is 3.64. The van der Waals surface area contributed by atoms with Gasteiger partial charge < -0.3 is 5.11 Å². The first-order chi connectivity index (χ1) is 9.83. The minimum atomic E-state index is -3.64. The van der Waals surface area contributed by atoms with Gasteiger partial charge in [0.2, 0.25) is 0 Å². The molecule has 0 fully saturated rings. The van der Waals surface area contributed by atoms with Gasteiger partial charge in [-0.15, -0.1) is 0 Å². The second kappa shape index (κ2) is 6.17. The van der Waals surface area contributed by atoms with Crippen LogP contribution in [0.2, 0.25) is 0 Å². The molecule has 0 aliphatic rings. The van der Waals surface area contributed by atoms with Crippen molar-refractivity contribution in [1.82, 2.24) is 0 Å². The Balaban J connectivity index is 2.37. The molecule has 0 saturated carbocycles. The molecule has 0 atom stereocenters. The minimum Gasteiger partial charge on any atom is -0.392 e. The molecule has 2 rings (SSSR count). The monoisotopic (exact) mass is 369 g/mol. The molecule has 4 nitrogen and oxygen atoms in total. The summed E-state index contributed by atoms with van der Waals surface area (Å²) in [5.74, 6) is 0. The van der Waals surface area contributed by atoms with Crippen LogP contribution in [0, 0.1) is 13.8 Å². The molecule has 0 aliphatic carbocycles. The normalized spacial score (nSPS) is 11.4. The Morgan fingerprint density at radius 1 is 1.10 bits per heavy atom. The van der Waals surface area contributed by atoms with Gasteiger partial charge in [-0.05, 0) is 54.8 Å². The molecule has 0 amide bonds. The number of aliphatic hydroxyl groups excluding tert-OH is 1. The topological polar surface area (TPSA) is 66.4 Å². The molecule has 6 heteroatoms. The van der Waals surface area contributed by atoms with Crippen molar-refractivity contribution >= 4 is 31.6 Å². The first-order valence-corrected chi connectivity index (χ1v) is 8.60. The highest BCUT2D eigenvalue weighted by Crippen LogP contribution is 2.27. The number of halogens is 1. The fourth-order valence-electron chi connectivity index (χ4n) is 2.04. The molecule has 0 aromatic heterocycles. The summed E-state index contributed by atoms with van der Waals surface area (Å²) in [7, 11) is -3.64. The van der Waals surface area contributed by atoms with Crippen LogP contribution >= 0.6 is 15.9 Å². The highest BCUT2D eigenvalue weighted by molar-refractivity contribution is 9.10. The predicted octanol–water partition coefficient (Wildman–Crippen LogP) is 3.36. The van der Waals surface area contributed by atoms with E-state index in [-0.39, 0.29) is 11.5 Å². The molecule has 112 valence electrons. The molecule has 0 bridgehead atoms. The second-order valence-electron chi connectivity index (χ2n) is 4.82. The van der Waals surface area contributed by atoms with Gasteiger partial charge in [-0.3, -0.25) is 4.72 Å². The number of sulfonamides is 1. The van der Waals surface area contributed by atoms with Gasteiger partial charge in [-0.25, -0.2) is 8.42 Å². The lowest BCUT2D eigenvalue weighted by Crippen LogP contribution is -2.14. The molecule has 2 aromatic rings. The lowest BCUT2D eigenvalue weighted by atomic mass is 10.1. The van der Waals surface area contributed by atoms with Crippen LogP contribution in [0.25, 0.3) is 0 Å². The van der Waals surface area contributed by atoms with E-state index in [0.717, 1.165) is 15.6 Å². The zero-order chi connectivity index (χ0) is 15.6. The lowest BCUT2D eigenvalue weighted by Gasteiger charge is -2.14. The van der Waals surface area contributed by atoms with Crippen LogP contribution in [0.5, 0.6) is 0 Å². The molecule has 0 radical (unpaired) electrons. The highest BCUT2D eigenvalue weighted by Gasteiger charge is 2.16. The van der Waals surface area contributed by atoms with Gasteiger partial charge in [-0.2, -0.15) is 0 Å². The average molecular weight is 370 g/mol. The fraction of sp³-hybridized carbons (Fsp3) is 0.200. The SMILES string of the molecule is Cc1cc(Br)cc(C)c1NS(=O)(=O)c1ccc(CO)cc1. The molecular formula is C15H16BrNO3S. The number of nitrogens with one attached hydrogen (secondary N) is 1. The third-order valence-electron chi connectivity index (χ3n) is 3.15. The maximum Gasteiger partial charge on any atom is 0.261 e. The maximum atomic E-state index is 12.4. The van der Waals surface area contributed by atoms with Crippen molar-refractivity contribution in [1.29, 1.82) is 0 Å². The summed E-state index contributed by atoms with van der Waals surface area (Å²) >= 11 is 3.39. The lowest BCUT2D eigenvalue weighted by molar-refractivity contribution is 0.282. The van der Waals surface area contributed by atoms with Crippen molar-refractivity contribution in [3.05, 3.63) is 57.6 Å². The van der Waals surface area contributed by atoms with E-state index in [1.54, 1.807) is 12.1 Å². The van der Waals surface area contributed by atoms with Gasteiger partial charge in [0.1, 0.15) is 0 Å². The van der Waals surface area contributed by atoms with E-state index in [2.05, 4.69) is 20.7 Å². The van der Waals surface area contributed by atoms with E-state index in [1.807, 2.05) is 26.0 Å². The van der Waals surface area contributed by atoms with Crippen molar-refractivity contribution in [3.63, 3.8) is 0 Å². The first kappa shape index (κ1) is 16.0.